The van der Waals surface area contributed by atoms with E-state index in [4.69, 9.17) is 9.47 Å². The molecule has 0 aromatic carbocycles. The fourth-order valence-corrected chi connectivity index (χ4v) is 9.50. The maximum absolute atomic E-state index is 12.3. The lowest BCUT2D eigenvalue weighted by Gasteiger charge is -2.61. The first-order valence-corrected chi connectivity index (χ1v) is 13.0. The largest absolute Gasteiger partial charge is 0.456 e. The van der Waals surface area contributed by atoms with Crippen molar-refractivity contribution in [3.05, 3.63) is 0 Å². The lowest BCUT2D eigenvalue weighted by Crippen LogP contribution is -2.64. The molecule has 1 N–H and O–H groups in total. The second-order valence-electron chi connectivity index (χ2n) is 11.5. The van der Waals surface area contributed by atoms with Crippen molar-refractivity contribution in [2.75, 3.05) is 6.61 Å². The minimum Gasteiger partial charge on any atom is -0.456 e. The molecule has 1 heterocycles. The molecule has 1 saturated heterocycles. The van der Waals surface area contributed by atoms with Gasteiger partial charge in [-0.2, -0.15) is 0 Å². The molecule has 1 aliphatic heterocycles. The van der Waals surface area contributed by atoms with Gasteiger partial charge in [0.1, 0.15) is 11.4 Å². The van der Waals surface area contributed by atoms with Gasteiger partial charge in [0.15, 0.2) is 5.60 Å². The summed E-state index contributed by atoms with van der Waals surface area (Å²) in [6.45, 7) is 8.43. The van der Waals surface area contributed by atoms with Crippen LogP contribution in [0.3, 0.4) is 0 Å². The van der Waals surface area contributed by atoms with Gasteiger partial charge in [-0.25, -0.2) is 4.79 Å². The number of ketones is 1. The van der Waals surface area contributed by atoms with E-state index in [0.717, 1.165) is 32.1 Å². The number of aliphatic hydroxyl groups is 1. The smallest absolute Gasteiger partial charge is 0.384 e. The third-order valence-electron chi connectivity index (χ3n) is 10.8. The summed E-state index contributed by atoms with van der Waals surface area (Å²) in [4.78, 5) is 24.2. The molecule has 7 aliphatic rings. The van der Waals surface area contributed by atoms with Crippen molar-refractivity contribution in [1.82, 2.24) is 0 Å². The Morgan fingerprint density at radius 1 is 1.19 bits per heavy atom. The van der Waals surface area contributed by atoms with Crippen LogP contribution < -0.4 is 0 Å². The van der Waals surface area contributed by atoms with E-state index in [1.165, 1.54) is 0 Å². The predicted octanol–water partition coefficient (Wildman–Crippen LogP) is 3.52. The van der Waals surface area contributed by atoms with Crippen LogP contribution in [0.1, 0.15) is 72.6 Å². The maximum Gasteiger partial charge on any atom is 0.384 e. The van der Waals surface area contributed by atoms with Crippen LogP contribution in [-0.2, 0) is 19.1 Å². The SMILES string of the molecule is CC.CCOC(=O)C#CC12OC13CCC1C(C4CC4C4(O)CC(=O)CCC14C)C3C1CC12. The normalized spacial score (nSPS) is 56.8. The zero-order valence-electron chi connectivity index (χ0n) is 19.8. The molecule has 0 aromatic rings. The van der Waals surface area contributed by atoms with E-state index in [1.807, 2.05) is 13.8 Å². The third-order valence-corrected chi connectivity index (χ3v) is 10.8. The highest BCUT2D eigenvalue weighted by molar-refractivity contribution is 5.89. The topological polar surface area (TPSA) is 76.1 Å². The van der Waals surface area contributed by atoms with Crippen LogP contribution in [0.25, 0.3) is 0 Å². The van der Waals surface area contributed by atoms with Gasteiger partial charge in [0.25, 0.3) is 0 Å². The zero-order valence-corrected chi connectivity index (χ0v) is 19.8. The highest BCUT2D eigenvalue weighted by Crippen LogP contribution is 2.85. The van der Waals surface area contributed by atoms with Gasteiger partial charge in [-0.15, -0.1) is 0 Å². The second kappa shape index (κ2) is 6.39. The number of esters is 1. The van der Waals surface area contributed by atoms with Gasteiger partial charge in [-0.1, -0.05) is 26.7 Å². The second-order valence-corrected chi connectivity index (χ2v) is 11.5. The van der Waals surface area contributed by atoms with Crippen molar-refractivity contribution in [3.63, 3.8) is 0 Å². The average molecular weight is 441 g/mol. The molecule has 0 aromatic heterocycles. The number of carbonyl (C=O) groups excluding carboxylic acids is 2. The Morgan fingerprint density at radius 2 is 1.94 bits per heavy atom. The first-order chi connectivity index (χ1) is 15.3. The van der Waals surface area contributed by atoms with Crippen LogP contribution in [0.5, 0.6) is 0 Å². The Balaban J connectivity index is 0.000000953. The van der Waals surface area contributed by atoms with E-state index in [2.05, 4.69) is 18.8 Å². The van der Waals surface area contributed by atoms with E-state index in [0.29, 0.717) is 55.0 Å². The average Bonchev–Trinajstić information content (AvgIpc) is 3.66. The monoisotopic (exact) mass is 440 g/mol. The highest BCUT2D eigenvalue weighted by Gasteiger charge is 2.91. The molecule has 0 radical (unpaired) electrons. The first-order valence-electron chi connectivity index (χ1n) is 13.0. The van der Waals surface area contributed by atoms with E-state index in [9.17, 15) is 14.7 Å². The number of epoxide rings is 1. The quantitative estimate of drug-likeness (QED) is 0.292. The summed E-state index contributed by atoms with van der Waals surface area (Å²) >= 11 is 0. The van der Waals surface area contributed by atoms with Gasteiger partial charge in [0.2, 0.25) is 0 Å². The lowest BCUT2D eigenvalue weighted by atomic mass is 9.44. The number of ether oxygens (including phenoxy) is 2. The van der Waals surface area contributed by atoms with Gasteiger partial charge in [0, 0.05) is 30.1 Å². The Kier molecular flexibility index (Phi) is 4.23. The molecule has 6 aliphatic carbocycles. The third kappa shape index (κ3) is 2.24. The molecule has 174 valence electrons. The van der Waals surface area contributed by atoms with E-state index in [-0.39, 0.29) is 22.7 Å². The molecule has 7 fully saturated rings. The molecule has 6 saturated carbocycles. The van der Waals surface area contributed by atoms with Gasteiger partial charge in [-0.05, 0) is 74.5 Å². The van der Waals surface area contributed by atoms with Gasteiger partial charge in [-0.3, -0.25) is 4.79 Å². The van der Waals surface area contributed by atoms with Crippen LogP contribution in [0.15, 0.2) is 0 Å². The molecule has 0 bridgehead atoms. The summed E-state index contributed by atoms with van der Waals surface area (Å²) < 4.78 is 11.6. The van der Waals surface area contributed by atoms with Crippen LogP contribution in [-0.4, -0.2) is 40.3 Å². The molecule has 0 amide bonds. The molecule has 5 nitrogen and oxygen atoms in total. The summed E-state index contributed by atoms with van der Waals surface area (Å²) in [5.41, 5.74) is -1.57. The molecule has 1 spiro atoms. The van der Waals surface area contributed by atoms with Crippen LogP contribution >= 0.6 is 0 Å². The Morgan fingerprint density at radius 3 is 2.69 bits per heavy atom. The minimum absolute atomic E-state index is 0.161. The summed E-state index contributed by atoms with van der Waals surface area (Å²) in [6, 6.07) is 0. The number of rotatable bonds is 1. The van der Waals surface area contributed by atoms with Crippen LogP contribution in [0.2, 0.25) is 0 Å². The molecule has 32 heavy (non-hydrogen) atoms. The Labute approximate surface area is 191 Å². The van der Waals surface area contributed by atoms with E-state index < -0.39 is 17.2 Å². The number of Topliss-reactive ketones (excluding diaryl/α,β-unsaturated/α-hetero) is 1. The fourth-order valence-electron chi connectivity index (χ4n) is 9.50. The number of carbonyl (C=O) groups is 2. The highest BCUT2D eigenvalue weighted by atomic mass is 16.6. The van der Waals surface area contributed by atoms with E-state index in [1.54, 1.807) is 6.92 Å². The molecular formula is C27H36O5. The molecule has 11 atom stereocenters. The number of hydrogen-bond acceptors (Lipinski definition) is 5. The Hall–Kier alpha value is -1.38. The standard InChI is InChI=1S/C25H30O5.C2H6/c1-3-29-19(27)6-9-24-18-11-15(18)21-20-14-10-17(14)23(28)12-13(26)4-7-22(23,2)16(20)5-8-25(21,24)30-24;1-2/h14-18,20-21,28H,3-5,7-8,10-12H2,1-2H3;1-2H3. The van der Waals surface area contributed by atoms with Crippen LogP contribution in [0.4, 0.5) is 0 Å². The molecule has 5 heteroatoms. The molecule has 7 rings (SSSR count). The fraction of sp³-hybridized carbons (Fsp3) is 0.852. The summed E-state index contributed by atoms with van der Waals surface area (Å²) in [5, 5.41) is 11.8. The minimum atomic E-state index is -0.800. The summed E-state index contributed by atoms with van der Waals surface area (Å²) in [6.07, 6.45) is 6.04. The maximum atomic E-state index is 12.3. The molecular weight excluding hydrogens is 404 g/mol. The van der Waals surface area contributed by atoms with Crippen molar-refractivity contribution >= 4 is 11.8 Å². The van der Waals surface area contributed by atoms with Gasteiger partial charge < -0.3 is 14.6 Å². The van der Waals surface area contributed by atoms with Crippen molar-refractivity contribution in [2.24, 2.45) is 46.8 Å². The predicted molar refractivity (Wildman–Crippen MR) is 117 cm³/mol. The zero-order chi connectivity index (χ0) is 22.7. The Bertz CT molecular complexity index is 947. The lowest BCUT2D eigenvalue weighted by molar-refractivity contribution is -0.206. The first kappa shape index (κ1) is 21.2. The van der Waals surface area contributed by atoms with Gasteiger partial charge in [0.05, 0.1) is 12.2 Å². The van der Waals surface area contributed by atoms with E-state index >= 15 is 0 Å². The van der Waals surface area contributed by atoms with Crippen molar-refractivity contribution in [2.45, 2.75) is 89.4 Å². The summed E-state index contributed by atoms with van der Waals surface area (Å²) in [7, 11) is 0. The number of fused-ring (bicyclic) bond motifs is 10. The van der Waals surface area contributed by atoms with Crippen molar-refractivity contribution in [3.8, 4) is 11.8 Å². The van der Waals surface area contributed by atoms with Crippen LogP contribution in [0, 0.1) is 58.7 Å². The van der Waals surface area contributed by atoms with Gasteiger partial charge >= 0.3 is 5.97 Å². The molecule has 11 unspecified atom stereocenters. The summed E-state index contributed by atoms with van der Waals surface area (Å²) in [5.74, 6) is 9.26. The van der Waals surface area contributed by atoms with Crippen molar-refractivity contribution < 1.29 is 24.2 Å². The number of hydrogen-bond donors (Lipinski definition) is 1. The van der Waals surface area contributed by atoms with Crippen molar-refractivity contribution in [1.29, 1.82) is 0 Å².